The van der Waals surface area contributed by atoms with Crippen LogP contribution in [0.25, 0.3) is 0 Å². The van der Waals surface area contributed by atoms with Gasteiger partial charge < -0.3 is 5.32 Å². The van der Waals surface area contributed by atoms with Crippen molar-refractivity contribution in [3.8, 4) is 0 Å². The van der Waals surface area contributed by atoms with E-state index in [2.05, 4.69) is 25.8 Å². The maximum absolute atomic E-state index is 11.6. The Kier molecular flexibility index (Phi) is 3.17. The Morgan fingerprint density at radius 2 is 2.35 bits per heavy atom. The fourth-order valence-corrected chi connectivity index (χ4v) is 1.37. The number of nitrogens with zero attached hydrogens (tertiary/aromatic N) is 4. The van der Waals surface area contributed by atoms with Crippen molar-refractivity contribution in [1.29, 1.82) is 0 Å². The van der Waals surface area contributed by atoms with Crippen LogP contribution in [0.3, 0.4) is 0 Å². The van der Waals surface area contributed by atoms with Gasteiger partial charge in [-0.05, 0) is 13.8 Å². The summed E-state index contributed by atoms with van der Waals surface area (Å²) in [7, 11) is 0. The van der Waals surface area contributed by atoms with Crippen LogP contribution in [0, 0.1) is 13.8 Å². The molecular formula is C10H14N6O. The van der Waals surface area contributed by atoms with Gasteiger partial charge in [-0.15, -0.1) is 5.10 Å². The topological polar surface area (TPSA) is 88.5 Å². The lowest BCUT2D eigenvalue weighted by atomic mass is 10.3. The highest BCUT2D eigenvalue weighted by Gasteiger charge is 2.09. The van der Waals surface area contributed by atoms with Crippen LogP contribution in [0.15, 0.2) is 12.4 Å². The van der Waals surface area contributed by atoms with Gasteiger partial charge in [0.25, 0.3) is 0 Å². The molecule has 1 amide bonds. The van der Waals surface area contributed by atoms with E-state index >= 15 is 0 Å². The van der Waals surface area contributed by atoms with Gasteiger partial charge in [0, 0.05) is 23.9 Å². The van der Waals surface area contributed by atoms with Gasteiger partial charge >= 0.3 is 0 Å². The van der Waals surface area contributed by atoms with Crippen molar-refractivity contribution in [3.05, 3.63) is 23.7 Å². The number of hydrogen-bond donors (Lipinski definition) is 2. The van der Waals surface area contributed by atoms with Gasteiger partial charge in [0.1, 0.15) is 0 Å². The SMILES string of the molecule is Cc1[nH]nc(NC(=O)CCn2ccnn2)c1C. The number of hydrogen-bond acceptors (Lipinski definition) is 4. The van der Waals surface area contributed by atoms with E-state index in [9.17, 15) is 4.79 Å². The van der Waals surface area contributed by atoms with E-state index in [1.807, 2.05) is 13.8 Å². The first-order valence-electron chi connectivity index (χ1n) is 5.32. The third kappa shape index (κ3) is 2.68. The summed E-state index contributed by atoms with van der Waals surface area (Å²) in [6, 6.07) is 0. The Bertz CT molecular complexity index is 501. The maximum Gasteiger partial charge on any atom is 0.227 e. The van der Waals surface area contributed by atoms with Crippen LogP contribution in [-0.2, 0) is 11.3 Å². The third-order valence-electron chi connectivity index (χ3n) is 2.55. The summed E-state index contributed by atoms with van der Waals surface area (Å²) >= 11 is 0. The summed E-state index contributed by atoms with van der Waals surface area (Å²) in [4.78, 5) is 11.6. The summed E-state index contributed by atoms with van der Waals surface area (Å²) in [6.07, 6.45) is 3.64. The van der Waals surface area contributed by atoms with Crippen LogP contribution in [0.4, 0.5) is 5.82 Å². The lowest BCUT2D eigenvalue weighted by molar-refractivity contribution is -0.116. The molecular weight excluding hydrogens is 220 g/mol. The number of rotatable bonds is 4. The Morgan fingerprint density at radius 1 is 1.53 bits per heavy atom. The van der Waals surface area contributed by atoms with Crippen molar-refractivity contribution < 1.29 is 4.79 Å². The Labute approximate surface area is 98.2 Å². The second kappa shape index (κ2) is 4.77. The van der Waals surface area contributed by atoms with Crippen molar-refractivity contribution >= 4 is 11.7 Å². The second-order valence-corrected chi connectivity index (χ2v) is 3.79. The molecule has 2 rings (SSSR count). The van der Waals surface area contributed by atoms with Gasteiger partial charge in [0.2, 0.25) is 5.91 Å². The molecule has 90 valence electrons. The number of aromatic nitrogens is 5. The number of carbonyl (C=O) groups excluding carboxylic acids is 1. The number of nitrogens with one attached hydrogen (secondary N) is 2. The Morgan fingerprint density at radius 3 is 2.94 bits per heavy atom. The number of aromatic amines is 1. The molecule has 0 atom stereocenters. The van der Waals surface area contributed by atoms with E-state index in [1.165, 1.54) is 0 Å². The summed E-state index contributed by atoms with van der Waals surface area (Å²) < 4.78 is 1.61. The number of anilines is 1. The van der Waals surface area contributed by atoms with Crippen LogP contribution in [-0.4, -0.2) is 31.1 Å². The van der Waals surface area contributed by atoms with Gasteiger partial charge in [-0.25, -0.2) is 0 Å². The van der Waals surface area contributed by atoms with Crippen LogP contribution in [0.5, 0.6) is 0 Å². The Balaban J connectivity index is 1.87. The van der Waals surface area contributed by atoms with E-state index in [0.29, 0.717) is 18.8 Å². The van der Waals surface area contributed by atoms with Crippen LogP contribution >= 0.6 is 0 Å². The molecule has 0 aliphatic carbocycles. The highest BCUT2D eigenvalue weighted by molar-refractivity contribution is 5.90. The standard InChI is InChI=1S/C10H14N6O/c1-7-8(2)13-14-10(7)12-9(17)3-5-16-6-4-11-15-16/h4,6H,3,5H2,1-2H3,(H2,12,13,14,17). The molecule has 0 aromatic carbocycles. The molecule has 0 saturated heterocycles. The first kappa shape index (κ1) is 11.3. The predicted octanol–water partition coefficient (Wildman–Crippen LogP) is 0.647. The molecule has 17 heavy (non-hydrogen) atoms. The number of carbonyl (C=O) groups is 1. The van der Waals surface area contributed by atoms with Crippen LogP contribution in [0.2, 0.25) is 0 Å². The Hall–Kier alpha value is -2.18. The normalized spacial score (nSPS) is 10.5. The smallest absolute Gasteiger partial charge is 0.227 e. The van der Waals surface area contributed by atoms with E-state index in [-0.39, 0.29) is 5.91 Å². The molecule has 0 aliphatic heterocycles. The minimum Gasteiger partial charge on any atom is -0.309 e. The van der Waals surface area contributed by atoms with E-state index in [4.69, 9.17) is 0 Å². The van der Waals surface area contributed by atoms with E-state index in [0.717, 1.165) is 11.3 Å². The lowest BCUT2D eigenvalue weighted by Crippen LogP contribution is -2.15. The van der Waals surface area contributed by atoms with Crippen molar-refractivity contribution in [2.24, 2.45) is 0 Å². The fraction of sp³-hybridized carbons (Fsp3) is 0.400. The van der Waals surface area contributed by atoms with Crippen molar-refractivity contribution in [3.63, 3.8) is 0 Å². The molecule has 7 heteroatoms. The predicted molar refractivity (Wildman–Crippen MR) is 61.3 cm³/mol. The first-order valence-corrected chi connectivity index (χ1v) is 5.32. The summed E-state index contributed by atoms with van der Waals surface area (Å²) in [6.45, 7) is 4.33. The van der Waals surface area contributed by atoms with Gasteiger partial charge in [0.15, 0.2) is 5.82 Å². The quantitative estimate of drug-likeness (QED) is 0.812. The van der Waals surface area contributed by atoms with Crippen molar-refractivity contribution in [1.82, 2.24) is 25.2 Å². The molecule has 0 aliphatic rings. The van der Waals surface area contributed by atoms with E-state index < -0.39 is 0 Å². The highest BCUT2D eigenvalue weighted by atomic mass is 16.1. The molecule has 2 N–H and O–H groups in total. The van der Waals surface area contributed by atoms with Crippen LogP contribution in [0.1, 0.15) is 17.7 Å². The zero-order valence-electron chi connectivity index (χ0n) is 9.77. The first-order chi connectivity index (χ1) is 8.16. The largest absolute Gasteiger partial charge is 0.309 e. The highest BCUT2D eigenvalue weighted by Crippen LogP contribution is 2.13. The molecule has 0 spiro atoms. The van der Waals surface area contributed by atoms with Gasteiger partial charge in [-0.1, -0.05) is 5.21 Å². The average molecular weight is 234 g/mol. The minimum absolute atomic E-state index is 0.0879. The molecule has 0 fully saturated rings. The molecule has 7 nitrogen and oxygen atoms in total. The minimum atomic E-state index is -0.0879. The monoisotopic (exact) mass is 234 g/mol. The summed E-state index contributed by atoms with van der Waals surface area (Å²) in [5.74, 6) is 0.501. The molecule has 0 unspecified atom stereocenters. The maximum atomic E-state index is 11.6. The molecule has 0 saturated carbocycles. The fourth-order valence-electron chi connectivity index (χ4n) is 1.37. The average Bonchev–Trinajstić information content (AvgIpc) is 2.92. The van der Waals surface area contributed by atoms with E-state index in [1.54, 1.807) is 17.1 Å². The molecule has 0 bridgehead atoms. The molecule has 2 heterocycles. The van der Waals surface area contributed by atoms with Crippen LogP contribution < -0.4 is 5.32 Å². The van der Waals surface area contributed by atoms with Gasteiger partial charge in [-0.3, -0.25) is 14.6 Å². The molecule has 2 aromatic rings. The zero-order valence-corrected chi connectivity index (χ0v) is 9.77. The summed E-state index contributed by atoms with van der Waals surface area (Å²) in [5.41, 5.74) is 1.91. The van der Waals surface area contributed by atoms with Gasteiger partial charge in [-0.2, -0.15) is 5.10 Å². The van der Waals surface area contributed by atoms with Crippen molar-refractivity contribution in [2.75, 3.05) is 5.32 Å². The van der Waals surface area contributed by atoms with Gasteiger partial charge in [0.05, 0.1) is 12.7 Å². The number of amides is 1. The lowest BCUT2D eigenvalue weighted by Gasteiger charge is -2.03. The van der Waals surface area contributed by atoms with Crippen molar-refractivity contribution in [2.45, 2.75) is 26.8 Å². The zero-order chi connectivity index (χ0) is 12.3. The molecule has 2 aromatic heterocycles. The number of aryl methyl sites for hydroxylation is 2. The second-order valence-electron chi connectivity index (χ2n) is 3.79. The third-order valence-corrected chi connectivity index (χ3v) is 2.55. The summed E-state index contributed by atoms with van der Waals surface area (Å²) in [5, 5.41) is 17.0. The number of H-pyrrole nitrogens is 1. The molecule has 0 radical (unpaired) electrons.